The van der Waals surface area contributed by atoms with E-state index >= 15 is 0 Å². The second-order valence-corrected chi connectivity index (χ2v) is 6.21. The maximum absolute atomic E-state index is 12.1. The van der Waals surface area contributed by atoms with E-state index in [9.17, 15) is 8.42 Å². The Hall–Kier alpha value is -2.59. The standard InChI is InChI=1S/C18H13O3S/c19-22(20,18-9-5-2-6-10-18)21-17-13-11-16(12-14-17)15-7-3-1-4-8-15/h2-14H. The fourth-order valence-electron chi connectivity index (χ4n) is 2.04. The van der Waals surface area contributed by atoms with E-state index in [1.165, 1.54) is 12.1 Å². The van der Waals surface area contributed by atoms with Gasteiger partial charge in [-0.25, -0.2) is 0 Å². The summed E-state index contributed by atoms with van der Waals surface area (Å²) in [4.78, 5) is 0.137. The largest absolute Gasteiger partial charge is 0.379 e. The minimum Gasteiger partial charge on any atom is -0.379 e. The number of hydrogen-bond acceptors (Lipinski definition) is 3. The lowest BCUT2D eigenvalue weighted by Gasteiger charge is -2.08. The molecule has 0 aliphatic rings. The highest BCUT2D eigenvalue weighted by atomic mass is 32.2. The Kier molecular flexibility index (Phi) is 3.94. The molecule has 0 unspecified atom stereocenters. The van der Waals surface area contributed by atoms with Gasteiger partial charge >= 0.3 is 10.1 Å². The van der Waals surface area contributed by atoms with Crippen LogP contribution in [0.15, 0.2) is 83.8 Å². The Labute approximate surface area is 129 Å². The minimum absolute atomic E-state index is 0.137. The maximum Gasteiger partial charge on any atom is 0.339 e. The SMILES string of the molecule is O=S(=O)(Oc1ccc(-c2cc[c]cc2)cc1)c1ccccc1. The molecule has 0 spiro atoms. The fraction of sp³-hybridized carbons (Fsp3) is 0. The normalized spacial score (nSPS) is 11.1. The Balaban J connectivity index is 1.83. The van der Waals surface area contributed by atoms with E-state index in [0.717, 1.165) is 11.1 Å². The molecule has 0 bridgehead atoms. The highest BCUT2D eigenvalue weighted by molar-refractivity contribution is 7.87. The van der Waals surface area contributed by atoms with Gasteiger partial charge in [-0.05, 0) is 41.5 Å². The van der Waals surface area contributed by atoms with Crippen LogP contribution in [-0.4, -0.2) is 8.42 Å². The molecular formula is C18H13O3S. The highest BCUT2D eigenvalue weighted by Crippen LogP contribution is 2.24. The molecule has 3 aromatic rings. The van der Waals surface area contributed by atoms with Gasteiger partial charge < -0.3 is 4.18 Å². The van der Waals surface area contributed by atoms with Gasteiger partial charge in [0.15, 0.2) is 0 Å². The van der Waals surface area contributed by atoms with E-state index in [1.54, 1.807) is 30.3 Å². The molecule has 0 N–H and O–H groups in total. The number of rotatable bonds is 4. The van der Waals surface area contributed by atoms with Crippen LogP contribution in [0.5, 0.6) is 5.75 Å². The van der Waals surface area contributed by atoms with Crippen molar-refractivity contribution in [1.82, 2.24) is 0 Å². The molecule has 0 saturated heterocycles. The highest BCUT2D eigenvalue weighted by Gasteiger charge is 2.15. The first-order valence-electron chi connectivity index (χ1n) is 6.71. The lowest BCUT2D eigenvalue weighted by atomic mass is 10.1. The Bertz CT molecular complexity index is 840. The summed E-state index contributed by atoms with van der Waals surface area (Å²) in [5.41, 5.74) is 2.02. The topological polar surface area (TPSA) is 43.4 Å². The van der Waals surface area contributed by atoms with Crippen LogP contribution in [0.25, 0.3) is 11.1 Å². The Morgan fingerprint density at radius 2 is 1.32 bits per heavy atom. The van der Waals surface area contributed by atoms with Crippen molar-refractivity contribution in [3.63, 3.8) is 0 Å². The molecule has 3 nitrogen and oxygen atoms in total. The summed E-state index contributed by atoms with van der Waals surface area (Å²) in [6, 6.07) is 25.5. The van der Waals surface area contributed by atoms with Gasteiger partial charge in [-0.1, -0.05) is 54.6 Å². The summed E-state index contributed by atoms with van der Waals surface area (Å²) in [6.45, 7) is 0. The van der Waals surface area contributed by atoms with Crippen molar-refractivity contribution >= 4 is 10.1 Å². The molecule has 109 valence electrons. The molecule has 0 aliphatic heterocycles. The molecule has 0 saturated carbocycles. The minimum atomic E-state index is -3.80. The summed E-state index contributed by atoms with van der Waals surface area (Å²) in [6.07, 6.45) is 0. The fourth-order valence-corrected chi connectivity index (χ4v) is 3.00. The zero-order valence-electron chi connectivity index (χ0n) is 11.6. The third-order valence-corrected chi connectivity index (χ3v) is 4.41. The van der Waals surface area contributed by atoms with E-state index < -0.39 is 10.1 Å². The second-order valence-electron chi connectivity index (χ2n) is 4.66. The third-order valence-electron chi connectivity index (χ3n) is 3.14. The van der Waals surface area contributed by atoms with Crippen LogP contribution in [0, 0.1) is 6.07 Å². The maximum atomic E-state index is 12.1. The summed E-state index contributed by atoms with van der Waals surface area (Å²) in [5, 5.41) is 0. The third kappa shape index (κ3) is 3.18. The molecule has 0 fully saturated rings. The molecule has 0 aromatic heterocycles. The van der Waals surface area contributed by atoms with Gasteiger partial charge in [-0.2, -0.15) is 8.42 Å². The van der Waals surface area contributed by atoms with Crippen LogP contribution in [-0.2, 0) is 10.1 Å². The molecule has 0 atom stereocenters. The van der Waals surface area contributed by atoms with Gasteiger partial charge in [0.05, 0.1) is 0 Å². The van der Waals surface area contributed by atoms with Gasteiger partial charge in [-0.3, -0.25) is 0 Å². The average Bonchev–Trinajstić information content (AvgIpc) is 2.57. The lowest BCUT2D eigenvalue weighted by Crippen LogP contribution is -2.09. The van der Waals surface area contributed by atoms with E-state index in [1.807, 2.05) is 36.4 Å². The first kappa shape index (κ1) is 14.4. The molecule has 22 heavy (non-hydrogen) atoms. The predicted octanol–water partition coefficient (Wildman–Crippen LogP) is 3.92. The van der Waals surface area contributed by atoms with Crippen molar-refractivity contribution in [2.24, 2.45) is 0 Å². The van der Waals surface area contributed by atoms with E-state index in [4.69, 9.17) is 4.18 Å². The van der Waals surface area contributed by atoms with E-state index in [0.29, 0.717) is 0 Å². The van der Waals surface area contributed by atoms with Gasteiger partial charge in [0.25, 0.3) is 0 Å². The van der Waals surface area contributed by atoms with Crippen LogP contribution in [0.1, 0.15) is 0 Å². The van der Waals surface area contributed by atoms with Crippen molar-refractivity contribution in [2.45, 2.75) is 4.90 Å². The van der Waals surface area contributed by atoms with Crippen LogP contribution >= 0.6 is 0 Å². The monoisotopic (exact) mass is 309 g/mol. The van der Waals surface area contributed by atoms with Gasteiger partial charge in [0.1, 0.15) is 10.6 Å². The summed E-state index contributed by atoms with van der Waals surface area (Å²) in [5.74, 6) is 0.287. The molecule has 4 heteroatoms. The summed E-state index contributed by atoms with van der Waals surface area (Å²) >= 11 is 0. The molecule has 0 heterocycles. The van der Waals surface area contributed by atoms with Gasteiger partial charge in [-0.15, -0.1) is 0 Å². The summed E-state index contributed by atoms with van der Waals surface area (Å²) < 4.78 is 29.4. The zero-order valence-corrected chi connectivity index (χ0v) is 12.5. The van der Waals surface area contributed by atoms with Gasteiger partial charge in [0.2, 0.25) is 0 Å². The van der Waals surface area contributed by atoms with Crippen molar-refractivity contribution in [3.05, 3.63) is 84.9 Å². The Morgan fingerprint density at radius 3 is 1.95 bits per heavy atom. The quantitative estimate of drug-likeness (QED) is 0.686. The van der Waals surface area contributed by atoms with Crippen molar-refractivity contribution in [3.8, 4) is 16.9 Å². The van der Waals surface area contributed by atoms with Crippen LogP contribution in [0.3, 0.4) is 0 Å². The molecule has 0 aliphatic carbocycles. The molecule has 0 amide bonds. The average molecular weight is 309 g/mol. The van der Waals surface area contributed by atoms with Crippen molar-refractivity contribution in [2.75, 3.05) is 0 Å². The molecular weight excluding hydrogens is 296 g/mol. The van der Waals surface area contributed by atoms with Crippen molar-refractivity contribution in [1.29, 1.82) is 0 Å². The van der Waals surface area contributed by atoms with E-state index in [2.05, 4.69) is 6.07 Å². The van der Waals surface area contributed by atoms with Crippen LogP contribution in [0.4, 0.5) is 0 Å². The smallest absolute Gasteiger partial charge is 0.339 e. The predicted molar refractivity (Wildman–Crippen MR) is 85.0 cm³/mol. The first-order valence-corrected chi connectivity index (χ1v) is 8.12. The molecule has 3 aromatic carbocycles. The summed E-state index contributed by atoms with van der Waals surface area (Å²) in [7, 11) is -3.80. The van der Waals surface area contributed by atoms with Crippen LogP contribution in [0.2, 0.25) is 0 Å². The van der Waals surface area contributed by atoms with Crippen LogP contribution < -0.4 is 4.18 Å². The lowest BCUT2D eigenvalue weighted by molar-refractivity contribution is 0.486. The Morgan fingerprint density at radius 1 is 0.727 bits per heavy atom. The van der Waals surface area contributed by atoms with E-state index in [-0.39, 0.29) is 10.6 Å². The van der Waals surface area contributed by atoms with Gasteiger partial charge in [0, 0.05) is 0 Å². The second kappa shape index (κ2) is 6.03. The molecule has 3 rings (SSSR count). The molecule has 1 radical (unpaired) electrons. The van der Waals surface area contributed by atoms with Crippen molar-refractivity contribution < 1.29 is 12.6 Å². The number of benzene rings is 3. The number of hydrogen-bond donors (Lipinski definition) is 0. The zero-order chi connectivity index (χ0) is 15.4. The first-order chi connectivity index (χ1) is 10.6.